The van der Waals surface area contributed by atoms with Crippen LogP contribution in [0.1, 0.15) is 67.2 Å². The first kappa shape index (κ1) is 23.1. The molecule has 1 fully saturated rings. The molecule has 4 atom stereocenters. The van der Waals surface area contributed by atoms with Gasteiger partial charge in [-0.15, -0.1) is 0 Å². The summed E-state index contributed by atoms with van der Waals surface area (Å²) in [6, 6.07) is 0. The van der Waals surface area contributed by atoms with Crippen molar-refractivity contribution in [3.8, 4) is 0 Å². The van der Waals surface area contributed by atoms with Crippen LogP contribution in [0.15, 0.2) is 47.1 Å². The van der Waals surface area contributed by atoms with Crippen LogP contribution in [0, 0.1) is 22.7 Å². The fraction of sp³-hybridized carbons (Fsp3) is 0.560. The molecule has 158 valence electrons. The highest BCUT2D eigenvalue weighted by Crippen LogP contribution is 2.62. The maximum atomic E-state index is 12.0. The molecule has 1 saturated carbocycles. The van der Waals surface area contributed by atoms with Gasteiger partial charge in [-0.25, -0.2) is 0 Å². The molecule has 0 aliphatic heterocycles. The first-order valence-electron chi connectivity index (χ1n) is 10.7. The standard InChI is InChI=1S/C21H24O2.C2H4O2.C2H6/c1-13(22)17-6-7-18-16-5-4-14-12-15(23)8-10-20(14,2)19(16)9-11-21(17,18)3;1-2(3)4;1-2/h6,8-10,12,16,18H,4-5,7,11H2,1-3H3;1H3,(H,3,4);1-2H3. The number of Topliss-reactive ketones (excluding diaryl/α,β-unsaturated/α-hetero) is 1. The van der Waals surface area contributed by atoms with Crippen molar-refractivity contribution in [2.24, 2.45) is 22.7 Å². The predicted octanol–water partition coefficient (Wildman–Crippen LogP) is 5.46. The number of hydrogen-bond acceptors (Lipinski definition) is 3. The molecular formula is C25H34O4. The third-order valence-corrected chi connectivity index (χ3v) is 6.91. The van der Waals surface area contributed by atoms with Crippen molar-refractivity contribution < 1.29 is 19.5 Å². The van der Waals surface area contributed by atoms with Crippen molar-refractivity contribution in [1.82, 2.24) is 0 Å². The molecule has 4 aliphatic rings. The Morgan fingerprint density at radius 3 is 2.34 bits per heavy atom. The SMILES string of the molecule is CC.CC(=O)C1=CCC2C3CCC4=CC(=O)C=CC4(C)C3=CCC12C.CC(=O)O. The molecule has 0 bridgehead atoms. The van der Waals surface area contributed by atoms with Crippen LogP contribution in [0.2, 0.25) is 0 Å². The lowest BCUT2D eigenvalue weighted by Gasteiger charge is -2.51. The topological polar surface area (TPSA) is 71.4 Å². The number of aliphatic carboxylic acids is 1. The average molecular weight is 399 g/mol. The summed E-state index contributed by atoms with van der Waals surface area (Å²) < 4.78 is 0. The van der Waals surface area contributed by atoms with Crippen molar-refractivity contribution in [3.63, 3.8) is 0 Å². The number of hydrogen-bond donors (Lipinski definition) is 1. The molecule has 0 saturated heterocycles. The van der Waals surface area contributed by atoms with Crippen LogP contribution in [0.4, 0.5) is 0 Å². The Morgan fingerprint density at radius 1 is 1.14 bits per heavy atom. The van der Waals surface area contributed by atoms with E-state index >= 15 is 0 Å². The number of fused-ring (bicyclic) bond motifs is 5. The zero-order chi connectivity index (χ0) is 22.0. The Labute approximate surface area is 174 Å². The van der Waals surface area contributed by atoms with Gasteiger partial charge in [0, 0.05) is 17.8 Å². The first-order valence-corrected chi connectivity index (χ1v) is 10.7. The average Bonchev–Trinajstić information content (AvgIpc) is 3.01. The van der Waals surface area contributed by atoms with Crippen LogP contribution in [-0.2, 0) is 14.4 Å². The third kappa shape index (κ3) is 4.08. The highest BCUT2D eigenvalue weighted by atomic mass is 16.4. The smallest absolute Gasteiger partial charge is 0.300 e. The summed E-state index contributed by atoms with van der Waals surface area (Å²) in [7, 11) is 0. The van der Waals surface area contributed by atoms with E-state index in [1.54, 1.807) is 13.0 Å². The Morgan fingerprint density at radius 2 is 1.76 bits per heavy atom. The molecule has 4 heteroatoms. The van der Waals surface area contributed by atoms with E-state index in [0.717, 1.165) is 38.2 Å². The van der Waals surface area contributed by atoms with Crippen molar-refractivity contribution in [2.45, 2.75) is 67.2 Å². The van der Waals surface area contributed by atoms with Crippen LogP contribution >= 0.6 is 0 Å². The number of carboxylic acid groups (broad SMARTS) is 1. The van der Waals surface area contributed by atoms with E-state index in [-0.39, 0.29) is 22.4 Å². The fourth-order valence-electron chi connectivity index (χ4n) is 5.65. The van der Waals surface area contributed by atoms with Crippen molar-refractivity contribution in [2.75, 3.05) is 0 Å². The predicted molar refractivity (Wildman–Crippen MR) is 115 cm³/mol. The summed E-state index contributed by atoms with van der Waals surface area (Å²) in [5, 5.41) is 7.42. The van der Waals surface area contributed by atoms with Gasteiger partial charge in [0.2, 0.25) is 0 Å². The summed E-state index contributed by atoms with van der Waals surface area (Å²) in [5.41, 5.74) is 3.72. The van der Waals surface area contributed by atoms with E-state index in [0.29, 0.717) is 11.8 Å². The monoisotopic (exact) mass is 398 g/mol. The highest BCUT2D eigenvalue weighted by Gasteiger charge is 2.53. The molecule has 29 heavy (non-hydrogen) atoms. The fourth-order valence-corrected chi connectivity index (χ4v) is 5.65. The molecule has 4 aliphatic carbocycles. The van der Waals surface area contributed by atoms with E-state index < -0.39 is 5.97 Å². The van der Waals surface area contributed by atoms with Crippen molar-refractivity contribution in [3.05, 3.63) is 47.1 Å². The Kier molecular flexibility index (Phi) is 6.87. The van der Waals surface area contributed by atoms with Gasteiger partial charge in [0.25, 0.3) is 5.97 Å². The van der Waals surface area contributed by atoms with E-state index in [2.05, 4.69) is 32.1 Å². The maximum Gasteiger partial charge on any atom is 0.300 e. The normalized spacial score (nSPS) is 33.9. The molecule has 1 N–H and O–H groups in total. The van der Waals surface area contributed by atoms with E-state index in [1.165, 1.54) is 11.1 Å². The van der Waals surface area contributed by atoms with Gasteiger partial charge in [0.1, 0.15) is 0 Å². The Hall–Kier alpha value is -2.23. The van der Waals surface area contributed by atoms with Crippen LogP contribution in [0.5, 0.6) is 0 Å². The number of carbonyl (C=O) groups is 3. The second-order valence-corrected chi connectivity index (χ2v) is 8.57. The van der Waals surface area contributed by atoms with Gasteiger partial charge in [-0.05, 0) is 69.1 Å². The second-order valence-electron chi connectivity index (χ2n) is 8.57. The van der Waals surface area contributed by atoms with Crippen molar-refractivity contribution >= 4 is 17.5 Å². The summed E-state index contributed by atoms with van der Waals surface area (Å²) in [6.45, 7) is 11.3. The van der Waals surface area contributed by atoms with E-state index in [4.69, 9.17) is 9.90 Å². The van der Waals surface area contributed by atoms with Gasteiger partial charge < -0.3 is 5.11 Å². The molecule has 0 aromatic rings. The first-order chi connectivity index (χ1) is 13.6. The summed E-state index contributed by atoms with van der Waals surface area (Å²) in [5.74, 6) is 0.587. The lowest BCUT2D eigenvalue weighted by atomic mass is 9.52. The zero-order valence-electron chi connectivity index (χ0n) is 18.5. The minimum Gasteiger partial charge on any atom is -0.481 e. The largest absolute Gasteiger partial charge is 0.481 e. The Bertz CT molecular complexity index is 822. The van der Waals surface area contributed by atoms with Crippen molar-refractivity contribution in [1.29, 1.82) is 0 Å². The zero-order valence-corrected chi connectivity index (χ0v) is 18.5. The van der Waals surface area contributed by atoms with Gasteiger partial charge in [-0.2, -0.15) is 0 Å². The molecule has 4 nitrogen and oxygen atoms in total. The number of carboxylic acids is 1. The van der Waals surface area contributed by atoms with Crippen LogP contribution < -0.4 is 0 Å². The van der Waals surface area contributed by atoms with E-state index in [1.807, 2.05) is 19.9 Å². The number of rotatable bonds is 1. The van der Waals surface area contributed by atoms with Gasteiger partial charge >= 0.3 is 0 Å². The molecule has 0 aromatic carbocycles. The van der Waals surface area contributed by atoms with Gasteiger partial charge in [0.05, 0.1) is 0 Å². The minimum atomic E-state index is -0.833. The van der Waals surface area contributed by atoms with Crippen LogP contribution in [0.25, 0.3) is 0 Å². The third-order valence-electron chi connectivity index (χ3n) is 6.91. The quantitative estimate of drug-likeness (QED) is 0.596. The number of ketones is 2. The minimum absolute atomic E-state index is 0.00573. The molecule has 4 unspecified atom stereocenters. The molecule has 0 spiro atoms. The summed E-state index contributed by atoms with van der Waals surface area (Å²) in [4.78, 5) is 32.8. The summed E-state index contributed by atoms with van der Waals surface area (Å²) in [6.07, 6.45) is 14.3. The molecule has 0 heterocycles. The number of allylic oxidation sites excluding steroid dienone is 8. The maximum absolute atomic E-state index is 12.0. The molecule has 0 amide bonds. The van der Waals surface area contributed by atoms with Gasteiger partial charge in [0.15, 0.2) is 11.6 Å². The molecule has 4 rings (SSSR count). The lowest BCUT2D eigenvalue weighted by molar-refractivity contribution is -0.134. The molecular weight excluding hydrogens is 364 g/mol. The van der Waals surface area contributed by atoms with Gasteiger partial charge in [-0.1, -0.05) is 50.1 Å². The van der Waals surface area contributed by atoms with Crippen LogP contribution in [0.3, 0.4) is 0 Å². The lowest BCUT2D eigenvalue weighted by Crippen LogP contribution is -2.43. The summed E-state index contributed by atoms with van der Waals surface area (Å²) >= 11 is 0. The Balaban J connectivity index is 0.000000449. The second kappa shape index (κ2) is 8.64. The number of carbonyl (C=O) groups excluding carboxylic acids is 2. The van der Waals surface area contributed by atoms with Gasteiger partial charge in [-0.3, -0.25) is 14.4 Å². The molecule has 0 radical (unpaired) electrons. The van der Waals surface area contributed by atoms with E-state index in [9.17, 15) is 9.59 Å². The molecule has 0 aromatic heterocycles. The van der Waals surface area contributed by atoms with Crippen LogP contribution in [-0.4, -0.2) is 22.6 Å². The highest BCUT2D eigenvalue weighted by molar-refractivity contribution is 6.01.